The second-order valence-corrected chi connectivity index (χ2v) is 6.10. The number of nitrogens with one attached hydrogen (secondary N) is 1. The summed E-state index contributed by atoms with van der Waals surface area (Å²) < 4.78 is 3.17. The lowest BCUT2D eigenvalue weighted by Crippen LogP contribution is -2.14. The third kappa shape index (κ3) is 3.58. The quantitative estimate of drug-likeness (QED) is 0.771. The van der Waals surface area contributed by atoms with E-state index in [2.05, 4.69) is 20.5 Å². The van der Waals surface area contributed by atoms with Crippen LogP contribution in [0.5, 0.6) is 0 Å². The molecule has 0 spiro atoms. The number of aryl methyl sites for hydroxylation is 2. The van der Waals surface area contributed by atoms with E-state index in [0.29, 0.717) is 27.8 Å². The second-order valence-electron chi connectivity index (χ2n) is 5.26. The topological polar surface area (TPSA) is 77.6 Å². The molecule has 0 aliphatic heterocycles. The van der Waals surface area contributed by atoms with E-state index < -0.39 is 0 Å². The lowest BCUT2D eigenvalue weighted by molar-refractivity contribution is 0.102. The summed E-state index contributed by atoms with van der Waals surface area (Å²) in [5, 5.41) is 12.1. The van der Waals surface area contributed by atoms with Gasteiger partial charge in [0.1, 0.15) is 6.33 Å². The first-order valence-corrected chi connectivity index (χ1v) is 7.83. The van der Waals surface area contributed by atoms with E-state index in [0.717, 1.165) is 5.56 Å². The number of nitrogens with zero attached hydrogens (tertiary/aromatic N) is 5. The fourth-order valence-electron chi connectivity index (χ4n) is 2.24. The van der Waals surface area contributed by atoms with Crippen LogP contribution in [0.4, 0.5) is 5.95 Å². The highest BCUT2D eigenvalue weighted by Gasteiger charge is 2.14. The minimum atomic E-state index is -0.303. The molecule has 1 N–H and O–H groups in total. The normalized spacial score (nSPS) is 10.8. The molecule has 0 aliphatic rings. The Morgan fingerprint density at radius 2 is 2.08 bits per heavy atom. The standard InChI is InChI=1S/C15H14Cl2N6O/c1-9-12(7-22(2)20-9)14(24)19-15-18-8-23(21-15)6-10-3-4-11(16)5-13(10)17/h3-5,7-8H,6H2,1-2H3,(H,19,21,24). The van der Waals surface area contributed by atoms with Gasteiger partial charge < -0.3 is 0 Å². The van der Waals surface area contributed by atoms with Gasteiger partial charge in [-0.2, -0.15) is 5.10 Å². The zero-order chi connectivity index (χ0) is 17.3. The van der Waals surface area contributed by atoms with Crippen LogP contribution in [0.1, 0.15) is 21.6 Å². The third-order valence-electron chi connectivity index (χ3n) is 3.37. The van der Waals surface area contributed by atoms with E-state index in [1.165, 1.54) is 6.33 Å². The number of halogens is 2. The van der Waals surface area contributed by atoms with Crippen LogP contribution in [0.25, 0.3) is 0 Å². The van der Waals surface area contributed by atoms with E-state index in [9.17, 15) is 4.79 Å². The average molecular weight is 365 g/mol. The predicted octanol–water partition coefficient (Wildman–Crippen LogP) is 2.93. The molecule has 0 unspecified atom stereocenters. The van der Waals surface area contributed by atoms with Crippen molar-refractivity contribution in [3.63, 3.8) is 0 Å². The monoisotopic (exact) mass is 364 g/mol. The van der Waals surface area contributed by atoms with Gasteiger partial charge in [-0.1, -0.05) is 29.3 Å². The van der Waals surface area contributed by atoms with Gasteiger partial charge in [0.2, 0.25) is 5.95 Å². The maximum absolute atomic E-state index is 12.2. The van der Waals surface area contributed by atoms with Crippen molar-refractivity contribution in [2.75, 3.05) is 5.32 Å². The summed E-state index contributed by atoms with van der Waals surface area (Å²) in [6.45, 7) is 2.19. The zero-order valence-electron chi connectivity index (χ0n) is 13.0. The number of anilines is 1. The number of rotatable bonds is 4. The van der Waals surface area contributed by atoms with Crippen LogP contribution in [0.3, 0.4) is 0 Å². The smallest absolute Gasteiger partial charge is 0.261 e. The van der Waals surface area contributed by atoms with Gasteiger partial charge in [-0.05, 0) is 24.6 Å². The fraction of sp³-hybridized carbons (Fsp3) is 0.200. The molecule has 0 fully saturated rings. The molecule has 0 radical (unpaired) electrons. The SMILES string of the molecule is Cc1nn(C)cc1C(=O)Nc1ncn(Cc2ccc(Cl)cc2Cl)n1. The Hall–Kier alpha value is -2.38. The molecule has 1 aromatic carbocycles. The van der Waals surface area contributed by atoms with Gasteiger partial charge in [0.25, 0.3) is 5.91 Å². The van der Waals surface area contributed by atoms with E-state index in [4.69, 9.17) is 23.2 Å². The number of benzene rings is 1. The molecule has 1 amide bonds. The molecule has 7 nitrogen and oxygen atoms in total. The Kier molecular flexibility index (Phi) is 4.55. The molecule has 0 atom stereocenters. The van der Waals surface area contributed by atoms with Crippen LogP contribution in [0.15, 0.2) is 30.7 Å². The molecule has 3 aromatic rings. The van der Waals surface area contributed by atoms with Crippen molar-refractivity contribution in [2.45, 2.75) is 13.5 Å². The third-order valence-corrected chi connectivity index (χ3v) is 3.95. The number of aromatic nitrogens is 5. The lowest BCUT2D eigenvalue weighted by atomic mass is 10.2. The predicted molar refractivity (Wildman–Crippen MR) is 91.5 cm³/mol. The first kappa shape index (κ1) is 16.5. The molecule has 9 heteroatoms. The first-order chi connectivity index (χ1) is 11.4. The molecule has 3 rings (SSSR count). The number of carbonyl (C=O) groups is 1. The first-order valence-electron chi connectivity index (χ1n) is 7.07. The van der Waals surface area contributed by atoms with Crippen molar-refractivity contribution in [3.8, 4) is 0 Å². The molecule has 0 saturated carbocycles. The van der Waals surface area contributed by atoms with Crippen molar-refractivity contribution in [1.29, 1.82) is 0 Å². The van der Waals surface area contributed by atoms with E-state index in [1.807, 2.05) is 6.07 Å². The van der Waals surface area contributed by atoms with Gasteiger partial charge >= 0.3 is 0 Å². The van der Waals surface area contributed by atoms with E-state index in [-0.39, 0.29) is 11.9 Å². The highest BCUT2D eigenvalue weighted by molar-refractivity contribution is 6.35. The van der Waals surface area contributed by atoms with Gasteiger partial charge in [0, 0.05) is 23.3 Å². The molecule has 2 heterocycles. The Morgan fingerprint density at radius 3 is 2.75 bits per heavy atom. The highest BCUT2D eigenvalue weighted by atomic mass is 35.5. The maximum atomic E-state index is 12.2. The van der Waals surface area contributed by atoms with Gasteiger partial charge in [0.15, 0.2) is 0 Å². The van der Waals surface area contributed by atoms with Gasteiger partial charge in [-0.3, -0.25) is 14.8 Å². The summed E-state index contributed by atoms with van der Waals surface area (Å²) in [4.78, 5) is 16.3. The highest BCUT2D eigenvalue weighted by Crippen LogP contribution is 2.21. The van der Waals surface area contributed by atoms with E-state index >= 15 is 0 Å². The Bertz CT molecular complexity index is 901. The lowest BCUT2D eigenvalue weighted by Gasteiger charge is -2.04. The zero-order valence-corrected chi connectivity index (χ0v) is 14.5. The molecule has 0 bridgehead atoms. The fourth-order valence-corrected chi connectivity index (χ4v) is 2.71. The van der Waals surface area contributed by atoms with Crippen LogP contribution >= 0.6 is 23.2 Å². The van der Waals surface area contributed by atoms with E-state index in [1.54, 1.807) is 41.7 Å². The number of carbonyl (C=O) groups excluding carboxylic acids is 1. The average Bonchev–Trinajstić information content (AvgIpc) is 3.08. The van der Waals surface area contributed by atoms with Crippen LogP contribution in [-0.2, 0) is 13.6 Å². The largest absolute Gasteiger partial charge is 0.289 e. The summed E-state index contributed by atoms with van der Waals surface area (Å²) in [6, 6.07) is 5.25. The van der Waals surface area contributed by atoms with Crippen molar-refractivity contribution in [1.82, 2.24) is 24.5 Å². The van der Waals surface area contributed by atoms with Crippen LogP contribution in [-0.4, -0.2) is 30.5 Å². The molecule has 124 valence electrons. The number of hydrogen-bond donors (Lipinski definition) is 1. The summed E-state index contributed by atoms with van der Waals surface area (Å²) in [5.41, 5.74) is 1.98. The minimum Gasteiger partial charge on any atom is -0.289 e. The Morgan fingerprint density at radius 1 is 1.29 bits per heavy atom. The summed E-state index contributed by atoms with van der Waals surface area (Å²) in [7, 11) is 1.76. The molecule has 0 saturated heterocycles. The van der Waals surface area contributed by atoms with Crippen molar-refractivity contribution >= 4 is 35.1 Å². The summed E-state index contributed by atoms with van der Waals surface area (Å²) >= 11 is 12.0. The summed E-state index contributed by atoms with van der Waals surface area (Å²) in [5.74, 6) is -0.0868. The van der Waals surface area contributed by atoms with Crippen molar-refractivity contribution in [2.24, 2.45) is 7.05 Å². The Labute approximate surface area is 148 Å². The van der Waals surface area contributed by atoms with Crippen LogP contribution in [0.2, 0.25) is 10.0 Å². The Balaban J connectivity index is 1.71. The summed E-state index contributed by atoms with van der Waals surface area (Å²) in [6.07, 6.45) is 3.17. The molecule has 24 heavy (non-hydrogen) atoms. The van der Waals surface area contributed by atoms with Crippen molar-refractivity contribution < 1.29 is 4.79 Å². The minimum absolute atomic E-state index is 0.216. The van der Waals surface area contributed by atoms with Crippen LogP contribution < -0.4 is 5.32 Å². The number of hydrogen-bond acceptors (Lipinski definition) is 4. The number of amides is 1. The molecule has 0 aliphatic carbocycles. The molecular formula is C15H14Cl2N6O. The van der Waals surface area contributed by atoms with Gasteiger partial charge in [-0.25, -0.2) is 9.67 Å². The van der Waals surface area contributed by atoms with Crippen molar-refractivity contribution in [3.05, 3.63) is 57.6 Å². The molecular weight excluding hydrogens is 351 g/mol. The second kappa shape index (κ2) is 6.62. The van der Waals surface area contributed by atoms with Gasteiger partial charge in [-0.15, -0.1) is 5.10 Å². The van der Waals surface area contributed by atoms with Crippen LogP contribution in [0, 0.1) is 6.92 Å². The molecule has 2 aromatic heterocycles. The van der Waals surface area contributed by atoms with Gasteiger partial charge in [0.05, 0.1) is 17.8 Å². The maximum Gasteiger partial charge on any atom is 0.261 e.